The second-order valence-corrected chi connectivity index (χ2v) is 9.63. The van der Waals surface area contributed by atoms with Crippen molar-refractivity contribution in [1.29, 1.82) is 0 Å². The molecule has 6 heteroatoms. The number of carbonyl (C=O) groups excluding carboxylic acids is 1. The van der Waals surface area contributed by atoms with Crippen LogP contribution < -0.4 is 4.90 Å². The molecular formula is C24H29N3O2S. The first-order valence-electron chi connectivity index (χ1n) is 10.6. The largest absolute Gasteiger partial charge is 0.461 e. The van der Waals surface area contributed by atoms with Crippen LogP contribution in [-0.2, 0) is 16.1 Å². The standard InChI is InChI=1S/C24H29N3O2S/c1-15(2)19-7-5-18(6-8-19)13-29-24(28)20-9-11-27(12-10-20)22-21-16(3)17(4)30-23(21)26-14-25-22/h5-8,14-15,20H,9-13H2,1-4H3. The van der Waals surface area contributed by atoms with Crippen molar-refractivity contribution >= 4 is 33.3 Å². The lowest BCUT2D eigenvalue weighted by Crippen LogP contribution is -2.37. The lowest BCUT2D eigenvalue weighted by molar-refractivity contribution is -0.150. The van der Waals surface area contributed by atoms with Gasteiger partial charge in [0.15, 0.2) is 0 Å². The minimum Gasteiger partial charge on any atom is -0.461 e. The van der Waals surface area contributed by atoms with E-state index in [1.807, 2.05) is 0 Å². The molecule has 5 nitrogen and oxygen atoms in total. The van der Waals surface area contributed by atoms with E-state index in [0.717, 1.165) is 47.5 Å². The van der Waals surface area contributed by atoms with Crippen LogP contribution >= 0.6 is 11.3 Å². The number of carbonyl (C=O) groups is 1. The van der Waals surface area contributed by atoms with E-state index in [0.29, 0.717) is 12.5 Å². The molecule has 0 unspecified atom stereocenters. The first kappa shape index (κ1) is 20.8. The molecule has 2 aromatic heterocycles. The summed E-state index contributed by atoms with van der Waals surface area (Å²) >= 11 is 1.72. The van der Waals surface area contributed by atoms with Crippen LogP contribution in [-0.4, -0.2) is 29.0 Å². The van der Waals surface area contributed by atoms with E-state index in [4.69, 9.17) is 4.74 Å². The Kier molecular flexibility index (Phi) is 6.04. The highest BCUT2D eigenvalue weighted by Gasteiger charge is 2.28. The summed E-state index contributed by atoms with van der Waals surface area (Å²) < 4.78 is 5.62. The SMILES string of the molecule is Cc1sc2ncnc(N3CCC(C(=O)OCc4ccc(C(C)C)cc4)CC3)c2c1C. The molecule has 1 aliphatic heterocycles. The monoisotopic (exact) mass is 423 g/mol. The number of nitrogens with zero attached hydrogens (tertiary/aromatic N) is 3. The Morgan fingerprint density at radius 2 is 1.87 bits per heavy atom. The molecule has 3 aromatic rings. The smallest absolute Gasteiger partial charge is 0.309 e. The highest BCUT2D eigenvalue weighted by atomic mass is 32.1. The Morgan fingerprint density at radius 3 is 2.53 bits per heavy atom. The van der Waals surface area contributed by atoms with Crippen LogP contribution in [0.5, 0.6) is 0 Å². The van der Waals surface area contributed by atoms with Gasteiger partial charge in [0.25, 0.3) is 0 Å². The maximum absolute atomic E-state index is 12.6. The van der Waals surface area contributed by atoms with Crippen LogP contribution in [0.3, 0.4) is 0 Å². The fourth-order valence-electron chi connectivity index (χ4n) is 4.00. The van der Waals surface area contributed by atoms with E-state index in [-0.39, 0.29) is 11.9 Å². The first-order valence-corrected chi connectivity index (χ1v) is 11.5. The number of esters is 1. The normalized spacial score (nSPS) is 15.2. The highest BCUT2D eigenvalue weighted by molar-refractivity contribution is 7.18. The van der Waals surface area contributed by atoms with Gasteiger partial charge in [-0.05, 0) is 49.3 Å². The number of aryl methyl sites for hydroxylation is 2. The van der Waals surface area contributed by atoms with Gasteiger partial charge in [0.2, 0.25) is 0 Å². The van der Waals surface area contributed by atoms with Gasteiger partial charge in [-0.3, -0.25) is 4.79 Å². The lowest BCUT2D eigenvalue weighted by atomic mass is 9.96. The van der Waals surface area contributed by atoms with Crippen LogP contribution in [0.15, 0.2) is 30.6 Å². The number of fused-ring (bicyclic) bond motifs is 1. The van der Waals surface area contributed by atoms with Crippen molar-refractivity contribution in [2.24, 2.45) is 5.92 Å². The zero-order valence-corrected chi connectivity index (χ0v) is 19.0. The van der Waals surface area contributed by atoms with Crippen LogP contribution in [0.2, 0.25) is 0 Å². The molecule has 0 N–H and O–H groups in total. The molecule has 0 radical (unpaired) electrons. The van der Waals surface area contributed by atoms with E-state index in [9.17, 15) is 4.79 Å². The molecule has 4 rings (SSSR count). The molecule has 0 aliphatic carbocycles. The molecule has 0 atom stereocenters. The topological polar surface area (TPSA) is 55.3 Å². The summed E-state index contributed by atoms with van der Waals surface area (Å²) in [6, 6.07) is 8.33. The van der Waals surface area contributed by atoms with Gasteiger partial charge in [0.05, 0.1) is 11.3 Å². The average Bonchev–Trinajstić information content (AvgIpc) is 3.06. The number of ether oxygens (including phenoxy) is 1. The molecule has 1 saturated heterocycles. The zero-order valence-electron chi connectivity index (χ0n) is 18.1. The van der Waals surface area contributed by atoms with Crippen LogP contribution in [0.25, 0.3) is 10.2 Å². The summed E-state index contributed by atoms with van der Waals surface area (Å²) in [6.07, 6.45) is 3.23. The molecule has 30 heavy (non-hydrogen) atoms. The molecule has 0 amide bonds. The number of benzene rings is 1. The minimum atomic E-state index is -0.0852. The van der Waals surface area contributed by atoms with Gasteiger partial charge in [0, 0.05) is 18.0 Å². The zero-order chi connectivity index (χ0) is 21.3. The quantitative estimate of drug-likeness (QED) is 0.515. The fraction of sp³-hybridized carbons (Fsp3) is 0.458. The fourth-order valence-corrected chi connectivity index (χ4v) is 4.99. The number of aromatic nitrogens is 2. The van der Waals surface area contributed by atoms with Crippen molar-refractivity contribution in [3.8, 4) is 0 Å². The van der Waals surface area contributed by atoms with Crippen LogP contribution in [0.4, 0.5) is 5.82 Å². The Morgan fingerprint density at radius 1 is 1.17 bits per heavy atom. The summed E-state index contributed by atoms with van der Waals surface area (Å²) in [6.45, 7) is 10.6. The second kappa shape index (κ2) is 8.72. The molecule has 1 fully saturated rings. The number of hydrogen-bond acceptors (Lipinski definition) is 6. The molecule has 0 saturated carbocycles. The molecule has 3 heterocycles. The van der Waals surface area contributed by atoms with E-state index >= 15 is 0 Å². The third-order valence-corrected chi connectivity index (χ3v) is 7.22. The summed E-state index contributed by atoms with van der Waals surface area (Å²) in [5.74, 6) is 1.38. The summed E-state index contributed by atoms with van der Waals surface area (Å²) in [5, 5.41) is 1.16. The lowest BCUT2D eigenvalue weighted by Gasteiger charge is -2.32. The van der Waals surface area contributed by atoms with Gasteiger partial charge in [-0.15, -0.1) is 11.3 Å². The maximum atomic E-state index is 12.6. The van der Waals surface area contributed by atoms with Gasteiger partial charge in [-0.1, -0.05) is 38.1 Å². The van der Waals surface area contributed by atoms with Crippen LogP contribution in [0, 0.1) is 19.8 Å². The second-order valence-electron chi connectivity index (χ2n) is 8.43. The molecule has 158 valence electrons. The Bertz CT molecular complexity index is 1030. The molecule has 0 spiro atoms. The Hall–Kier alpha value is -2.47. The van der Waals surface area contributed by atoms with Gasteiger partial charge < -0.3 is 9.64 Å². The highest BCUT2D eigenvalue weighted by Crippen LogP contribution is 2.35. The summed E-state index contributed by atoms with van der Waals surface area (Å²) in [7, 11) is 0. The maximum Gasteiger partial charge on any atom is 0.309 e. The number of piperidine rings is 1. The average molecular weight is 424 g/mol. The third-order valence-electron chi connectivity index (χ3n) is 6.10. The number of anilines is 1. The molecule has 0 bridgehead atoms. The van der Waals surface area contributed by atoms with Crippen molar-refractivity contribution < 1.29 is 9.53 Å². The van der Waals surface area contributed by atoms with E-state index in [2.05, 4.69) is 66.8 Å². The Labute approximate surface area is 182 Å². The Balaban J connectivity index is 1.35. The predicted octanol–water partition coefficient (Wildman–Crippen LogP) is 5.39. The van der Waals surface area contributed by atoms with Crippen molar-refractivity contribution in [2.75, 3.05) is 18.0 Å². The van der Waals surface area contributed by atoms with Crippen LogP contribution in [0.1, 0.15) is 54.2 Å². The molecule has 1 aromatic carbocycles. The van der Waals surface area contributed by atoms with Crippen molar-refractivity contribution in [3.63, 3.8) is 0 Å². The van der Waals surface area contributed by atoms with E-state index in [1.54, 1.807) is 17.7 Å². The number of hydrogen-bond donors (Lipinski definition) is 0. The first-order chi connectivity index (χ1) is 14.4. The molecular weight excluding hydrogens is 394 g/mol. The predicted molar refractivity (Wildman–Crippen MR) is 122 cm³/mol. The van der Waals surface area contributed by atoms with Gasteiger partial charge in [-0.25, -0.2) is 9.97 Å². The minimum absolute atomic E-state index is 0.0428. The number of thiophene rings is 1. The van der Waals surface area contributed by atoms with Gasteiger partial charge in [0.1, 0.15) is 23.6 Å². The van der Waals surface area contributed by atoms with Gasteiger partial charge >= 0.3 is 5.97 Å². The molecule has 1 aliphatic rings. The van der Waals surface area contributed by atoms with Crippen molar-refractivity contribution in [1.82, 2.24) is 9.97 Å². The van der Waals surface area contributed by atoms with E-state index < -0.39 is 0 Å². The van der Waals surface area contributed by atoms with Crippen molar-refractivity contribution in [3.05, 3.63) is 52.2 Å². The van der Waals surface area contributed by atoms with E-state index in [1.165, 1.54) is 16.0 Å². The van der Waals surface area contributed by atoms with Crippen molar-refractivity contribution in [2.45, 2.75) is 53.1 Å². The summed E-state index contributed by atoms with van der Waals surface area (Å²) in [4.78, 5) is 26.2. The van der Waals surface area contributed by atoms with Gasteiger partial charge in [-0.2, -0.15) is 0 Å². The number of rotatable bonds is 5. The summed E-state index contributed by atoms with van der Waals surface area (Å²) in [5.41, 5.74) is 3.60. The third kappa shape index (κ3) is 4.19.